The zero-order chi connectivity index (χ0) is 16.8. The summed E-state index contributed by atoms with van der Waals surface area (Å²) in [7, 11) is 0. The molecule has 2 aromatic carbocycles. The molecule has 0 amide bonds. The SMILES string of the molecule is CCOc1cc(C(C)Oc2ccc(Oc3ccccc3)cc2)on1. The third-order valence-electron chi connectivity index (χ3n) is 3.32. The lowest BCUT2D eigenvalue weighted by molar-refractivity contribution is 0.180. The summed E-state index contributed by atoms with van der Waals surface area (Å²) in [5.41, 5.74) is 0. The lowest BCUT2D eigenvalue weighted by Crippen LogP contribution is -2.01. The Balaban J connectivity index is 1.60. The first-order chi connectivity index (χ1) is 11.7. The minimum atomic E-state index is -0.271. The van der Waals surface area contributed by atoms with Gasteiger partial charge < -0.3 is 18.7 Å². The van der Waals surface area contributed by atoms with Crippen LogP contribution in [0.3, 0.4) is 0 Å². The molecule has 3 aromatic rings. The minimum Gasteiger partial charge on any atom is -0.483 e. The van der Waals surface area contributed by atoms with Gasteiger partial charge in [-0.05, 0) is 55.4 Å². The summed E-state index contributed by atoms with van der Waals surface area (Å²) in [6.45, 7) is 4.34. The Hall–Kier alpha value is -2.95. The molecule has 1 aromatic heterocycles. The number of rotatable bonds is 7. The quantitative estimate of drug-likeness (QED) is 0.611. The second kappa shape index (κ2) is 7.55. The van der Waals surface area contributed by atoms with Crippen molar-refractivity contribution in [1.29, 1.82) is 0 Å². The Bertz CT molecular complexity index is 753. The molecule has 1 unspecified atom stereocenters. The van der Waals surface area contributed by atoms with Gasteiger partial charge in [-0.3, -0.25) is 0 Å². The fraction of sp³-hybridized carbons (Fsp3) is 0.211. The van der Waals surface area contributed by atoms with E-state index in [1.54, 1.807) is 6.07 Å². The van der Waals surface area contributed by atoms with E-state index in [1.807, 2.05) is 68.4 Å². The van der Waals surface area contributed by atoms with Crippen molar-refractivity contribution >= 4 is 0 Å². The molecule has 0 bridgehead atoms. The molecule has 0 saturated heterocycles. The molecule has 0 aliphatic rings. The summed E-state index contributed by atoms with van der Waals surface area (Å²) in [6, 6.07) is 18.8. The smallest absolute Gasteiger partial charge is 0.254 e. The second-order valence-corrected chi connectivity index (χ2v) is 5.15. The van der Waals surface area contributed by atoms with Crippen molar-refractivity contribution in [2.45, 2.75) is 20.0 Å². The summed E-state index contributed by atoms with van der Waals surface area (Å²) in [5.74, 6) is 3.35. The Morgan fingerprint density at radius 2 is 1.62 bits per heavy atom. The first-order valence-corrected chi connectivity index (χ1v) is 7.83. The molecule has 24 heavy (non-hydrogen) atoms. The highest BCUT2D eigenvalue weighted by atomic mass is 16.6. The van der Waals surface area contributed by atoms with Crippen molar-refractivity contribution in [3.05, 3.63) is 66.4 Å². The van der Waals surface area contributed by atoms with E-state index in [1.165, 1.54) is 0 Å². The summed E-state index contributed by atoms with van der Waals surface area (Å²) >= 11 is 0. The average Bonchev–Trinajstić information content (AvgIpc) is 3.07. The first-order valence-electron chi connectivity index (χ1n) is 7.83. The van der Waals surface area contributed by atoms with Crippen LogP contribution in [0.4, 0.5) is 0 Å². The van der Waals surface area contributed by atoms with Gasteiger partial charge in [0.1, 0.15) is 17.2 Å². The van der Waals surface area contributed by atoms with E-state index < -0.39 is 0 Å². The van der Waals surface area contributed by atoms with Crippen molar-refractivity contribution in [2.24, 2.45) is 0 Å². The second-order valence-electron chi connectivity index (χ2n) is 5.15. The Labute approximate surface area is 140 Å². The number of hydrogen-bond acceptors (Lipinski definition) is 5. The summed E-state index contributed by atoms with van der Waals surface area (Å²) in [5, 5.41) is 3.83. The van der Waals surface area contributed by atoms with Crippen LogP contribution >= 0.6 is 0 Å². The van der Waals surface area contributed by atoms with Crippen molar-refractivity contribution in [3.8, 4) is 23.1 Å². The standard InChI is InChI=1S/C19H19NO4/c1-3-21-19-13-18(24-20-19)14(2)22-16-9-11-17(12-10-16)23-15-7-5-4-6-8-15/h4-14H,3H2,1-2H3. The molecule has 0 aliphatic carbocycles. The molecular formula is C19H19NO4. The van der Waals surface area contributed by atoms with Crippen LogP contribution in [0.25, 0.3) is 0 Å². The van der Waals surface area contributed by atoms with Crippen LogP contribution in [-0.2, 0) is 0 Å². The number of aromatic nitrogens is 1. The molecule has 0 saturated carbocycles. The fourth-order valence-corrected chi connectivity index (χ4v) is 2.15. The van der Waals surface area contributed by atoms with Crippen molar-refractivity contribution in [2.75, 3.05) is 6.61 Å². The van der Waals surface area contributed by atoms with E-state index in [2.05, 4.69) is 5.16 Å². The molecule has 0 radical (unpaired) electrons. The number of benzene rings is 2. The zero-order valence-electron chi connectivity index (χ0n) is 13.6. The van der Waals surface area contributed by atoms with Crippen LogP contribution in [0, 0.1) is 0 Å². The predicted octanol–water partition coefficient (Wildman–Crippen LogP) is 5.01. The van der Waals surface area contributed by atoms with E-state index in [4.69, 9.17) is 18.7 Å². The number of ether oxygens (including phenoxy) is 3. The van der Waals surface area contributed by atoms with Gasteiger partial charge >= 0.3 is 0 Å². The van der Waals surface area contributed by atoms with E-state index >= 15 is 0 Å². The Morgan fingerprint density at radius 1 is 0.958 bits per heavy atom. The number of para-hydroxylation sites is 1. The molecular weight excluding hydrogens is 306 g/mol. The van der Waals surface area contributed by atoms with Crippen molar-refractivity contribution < 1.29 is 18.7 Å². The molecule has 0 fully saturated rings. The van der Waals surface area contributed by atoms with Gasteiger partial charge in [0.15, 0.2) is 11.9 Å². The molecule has 5 nitrogen and oxygen atoms in total. The van der Waals surface area contributed by atoms with E-state index in [0.29, 0.717) is 18.2 Å². The van der Waals surface area contributed by atoms with Gasteiger partial charge in [0.05, 0.1) is 6.61 Å². The lowest BCUT2D eigenvalue weighted by Gasteiger charge is -2.12. The largest absolute Gasteiger partial charge is 0.483 e. The van der Waals surface area contributed by atoms with Gasteiger partial charge in [-0.1, -0.05) is 18.2 Å². The van der Waals surface area contributed by atoms with Crippen LogP contribution in [0.1, 0.15) is 25.7 Å². The number of nitrogens with zero attached hydrogens (tertiary/aromatic N) is 1. The van der Waals surface area contributed by atoms with Crippen LogP contribution < -0.4 is 14.2 Å². The third kappa shape index (κ3) is 4.07. The van der Waals surface area contributed by atoms with Crippen molar-refractivity contribution in [3.63, 3.8) is 0 Å². The van der Waals surface area contributed by atoms with Gasteiger partial charge in [-0.15, -0.1) is 0 Å². The number of hydrogen-bond donors (Lipinski definition) is 0. The van der Waals surface area contributed by atoms with Crippen LogP contribution in [0.5, 0.6) is 23.1 Å². The predicted molar refractivity (Wildman–Crippen MR) is 89.7 cm³/mol. The highest BCUT2D eigenvalue weighted by Crippen LogP contribution is 2.27. The molecule has 124 valence electrons. The maximum Gasteiger partial charge on any atom is 0.254 e. The normalized spacial score (nSPS) is 11.8. The Kier molecular flexibility index (Phi) is 5.01. The van der Waals surface area contributed by atoms with Crippen LogP contribution in [0.15, 0.2) is 65.2 Å². The molecule has 1 heterocycles. The first kappa shape index (κ1) is 15.9. The van der Waals surface area contributed by atoms with Crippen LogP contribution in [-0.4, -0.2) is 11.8 Å². The molecule has 0 N–H and O–H groups in total. The van der Waals surface area contributed by atoms with Crippen molar-refractivity contribution in [1.82, 2.24) is 5.16 Å². The molecule has 3 rings (SSSR count). The summed E-state index contributed by atoms with van der Waals surface area (Å²) in [6.07, 6.45) is -0.271. The maximum atomic E-state index is 5.85. The van der Waals surface area contributed by atoms with Gasteiger partial charge in [0.2, 0.25) is 0 Å². The highest BCUT2D eigenvalue weighted by molar-refractivity contribution is 5.35. The fourth-order valence-electron chi connectivity index (χ4n) is 2.15. The maximum absolute atomic E-state index is 5.85. The van der Waals surface area contributed by atoms with Gasteiger partial charge in [0.25, 0.3) is 5.88 Å². The molecule has 1 atom stereocenters. The minimum absolute atomic E-state index is 0.271. The topological polar surface area (TPSA) is 53.7 Å². The van der Waals surface area contributed by atoms with Gasteiger partial charge in [0, 0.05) is 6.07 Å². The average molecular weight is 325 g/mol. The van der Waals surface area contributed by atoms with Crippen LogP contribution in [0.2, 0.25) is 0 Å². The summed E-state index contributed by atoms with van der Waals surface area (Å²) in [4.78, 5) is 0. The van der Waals surface area contributed by atoms with E-state index in [-0.39, 0.29) is 6.10 Å². The monoisotopic (exact) mass is 325 g/mol. The zero-order valence-corrected chi connectivity index (χ0v) is 13.6. The summed E-state index contributed by atoms with van der Waals surface area (Å²) < 4.78 is 22.1. The lowest BCUT2D eigenvalue weighted by atomic mass is 10.3. The Morgan fingerprint density at radius 3 is 2.33 bits per heavy atom. The molecule has 5 heteroatoms. The van der Waals surface area contributed by atoms with E-state index in [9.17, 15) is 0 Å². The highest BCUT2D eigenvalue weighted by Gasteiger charge is 2.14. The third-order valence-corrected chi connectivity index (χ3v) is 3.32. The van der Waals surface area contributed by atoms with E-state index in [0.717, 1.165) is 17.2 Å². The molecule has 0 spiro atoms. The molecule has 0 aliphatic heterocycles. The van der Waals surface area contributed by atoms with Gasteiger partial charge in [-0.25, -0.2) is 0 Å². The van der Waals surface area contributed by atoms with Gasteiger partial charge in [-0.2, -0.15) is 0 Å².